The molecular weight excluding hydrogens is 232 g/mol. The van der Waals surface area contributed by atoms with Crippen LogP contribution < -0.4 is 0 Å². The van der Waals surface area contributed by atoms with Gasteiger partial charge in [0, 0.05) is 5.02 Å². The Morgan fingerprint density at radius 1 is 1.53 bits per heavy atom. The summed E-state index contributed by atoms with van der Waals surface area (Å²) in [6, 6.07) is 5.63. The molecule has 0 saturated heterocycles. The van der Waals surface area contributed by atoms with E-state index in [0.717, 1.165) is 16.4 Å². The Morgan fingerprint density at radius 2 is 2.33 bits per heavy atom. The van der Waals surface area contributed by atoms with Gasteiger partial charge in [0.15, 0.2) is 0 Å². The van der Waals surface area contributed by atoms with Gasteiger partial charge in [-0.3, -0.25) is 4.31 Å². The Kier molecular flexibility index (Phi) is 3.19. The number of halogens is 1. The Hall–Kier alpha value is -0.710. The normalized spacial score (nSPS) is 14.9. The van der Waals surface area contributed by atoms with Crippen LogP contribution in [-0.4, -0.2) is 28.4 Å². The first-order chi connectivity index (χ1) is 7.20. The van der Waals surface area contributed by atoms with E-state index in [1.165, 1.54) is 0 Å². The number of aliphatic imine (C=N–C) groups is 1. The molecule has 0 fully saturated rings. The van der Waals surface area contributed by atoms with Crippen LogP contribution in [0.25, 0.3) is 0 Å². The van der Waals surface area contributed by atoms with Crippen molar-refractivity contribution >= 4 is 35.1 Å². The van der Waals surface area contributed by atoms with E-state index in [-0.39, 0.29) is 6.61 Å². The van der Waals surface area contributed by atoms with E-state index in [1.807, 2.05) is 29.4 Å². The van der Waals surface area contributed by atoms with E-state index in [2.05, 4.69) is 4.99 Å². The molecule has 0 atom stereocenters. The molecule has 15 heavy (non-hydrogen) atoms. The summed E-state index contributed by atoms with van der Waals surface area (Å²) in [6.45, 7) is 2.63. The Morgan fingerprint density at radius 3 is 3.07 bits per heavy atom. The number of hydrogen-bond acceptors (Lipinski definition) is 4. The molecule has 1 aliphatic rings. The SMILES string of the molecule is CC1=Nc2ccc(Cl)cc2SN1CCO. The molecule has 1 N–H and O–H groups in total. The van der Waals surface area contributed by atoms with E-state index in [1.54, 1.807) is 11.9 Å². The van der Waals surface area contributed by atoms with Gasteiger partial charge in [0.1, 0.15) is 5.84 Å². The zero-order chi connectivity index (χ0) is 10.8. The minimum atomic E-state index is 0.121. The second-order valence-corrected chi connectivity index (χ2v) is 4.69. The van der Waals surface area contributed by atoms with E-state index >= 15 is 0 Å². The largest absolute Gasteiger partial charge is 0.394 e. The predicted octanol–water partition coefficient (Wildman–Crippen LogP) is 2.70. The van der Waals surface area contributed by atoms with Crippen LogP contribution in [0.15, 0.2) is 28.1 Å². The molecule has 3 nitrogen and oxygen atoms in total. The summed E-state index contributed by atoms with van der Waals surface area (Å²) in [6.07, 6.45) is 0. The number of hydrogen-bond donors (Lipinski definition) is 1. The number of β-amino-alcohol motifs (C(OH)–C–C–N with tert-alkyl or cyclic N) is 1. The average Bonchev–Trinajstić information content (AvgIpc) is 2.20. The highest BCUT2D eigenvalue weighted by Crippen LogP contribution is 2.38. The maximum absolute atomic E-state index is 8.90. The molecule has 0 aromatic heterocycles. The van der Waals surface area contributed by atoms with Crippen molar-refractivity contribution in [2.45, 2.75) is 11.8 Å². The van der Waals surface area contributed by atoms with Crippen molar-refractivity contribution in [2.24, 2.45) is 4.99 Å². The van der Waals surface area contributed by atoms with E-state index in [4.69, 9.17) is 16.7 Å². The summed E-state index contributed by atoms with van der Waals surface area (Å²) in [5, 5.41) is 9.61. The van der Waals surface area contributed by atoms with Crippen LogP contribution in [-0.2, 0) is 0 Å². The molecule has 0 aliphatic carbocycles. The Balaban J connectivity index is 2.32. The first-order valence-corrected chi connectivity index (χ1v) is 5.77. The molecule has 5 heteroatoms. The fraction of sp³-hybridized carbons (Fsp3) is 0.300. The van der Waals surface area contributed by atoms with Gasteiger partial charge in [-0.05, 0) is 37.1 Å². The summed E-state index contributed by atoms with van der Waals surface area (Å²) < 4.78 is 1.96. The maximum Gasteiger partial charge on any atom is 0.112 e. The predicted molar refractivity (Wildman–Crippen MR) is 63.9 cm³/mol. The zero-order valence-corrected chi connectivity index (χ0v) is 9.85. The van der Waals surface area contributed by atoms with Crippen LogP contribution in [0.1, 0.15) is 6.92 Å². The number of aliphatic hydroxyl groups excluding tert-OH is 1. The van der Waals surface area contributed by atoms with Crippen LogP contribution >= 0.6 is 23.5 Å². The lowest BCUT2D eigenvalue weighted by Gasteiger charge is -2.26. The minimum absolute atomic E-state index is 0.121. The van der Waals surface area contributed by atoms with Crippen molar-refractivity contribution in [2.75, 3.05) is 13.2 Å². The van der Waals surface area contributed by atoms with Gasteiger partial charge in [-0.2, -0.15) is 0 Å². The van der Waals surface area contributed by atoms with Crippen molar-refractivity contribution in [3.05, 3.63) is 23.2 Å². The molecule has 0 spiro atoms. The first-order valence-electron chi connectivity index (χ1n) is 4.62. The highest BCUT2D eigenvalue weighted by atomic mass is 35.5. The summed E-state index contributed by atoms with van der Waals surface area (Å²) >= 11 is 7.47. The third kappa shape index (κ3) is 2.27. The van der Waals surface area contributed by atoms with Crippen molar-refractivity contribution in [3.8, 4) is 0 Å². The smallest absolute Gasteiger partial charge is 0.112 e. The summed E-state index contributed by atoms with van der Waals surface area (Å²) in [5.41, 5.74) is 0.941. The average molecular weight is 243 g/mol. The van der Waals surface area contributed by atoms with Crippen molar-refractivity contribution < 1.29 is 5.11 Å². The molecule has 0 amide bonds. The number of nitrogens with zero attached hydrogens (tertiary/aromatic N) is 2. The minimum Gasteiger partial charge on any atom is -0.394 e. The Labute approximate surface area is 97.9 Å². The number of rotatable bonds is 2. The molecule has 1 aromatic carbocycles. The molecule has 0 radical (unpaired) electrons. The van der Waals surface area contributed by atoms with Crippen molar-refractivity contribution in [1.82, 2.24) is 4.31 Å². The van der Waals surface area contributed by atoms with E-state index < -0.39 is 0 Å². The third-order valence-electron chi connectivity index (χ3n) is 2.08. The van der Waals surface area contributed by atoms with E-state index in [0.29, 0.717) is 11.6 Å². The second-order valence-electron chi connectivity index (χ2n) is 3.19. The Bertz CT molecular complexity index is 408. The third-order valence-corrected chi connectivity index (χ3v) is 3.50. The van der Waals surface area contributed by atoms with Crippen LogP contribution in [0.5, 0.6) is 0 Å². The van der Waals surface area contributed by atoms with Gasteiger partial charge in [0.05, 0.1) is 23.7 Å². The van der Waals surface area contributed by atoms with Crippen LogP contribution in [0.4, 0.5) is 5.69 Å². The summed E-state index contributed by atoms with van der Waals surface area (Å²) in [7, 11) is 0. The summed E-state index contributed by atoms with van der Waals surface area (Å²) in [5.74, 6) is 0.906. The molecule has 80 valence electrons. The number of benzene rings is 1. The quantitative estimate of drug-likeness (QED) is 0.810. The topological polar surface area (TPSA) is 35.8 Å². The molecule has 0 saturated carbocycles. The van der Waals surface area contributed by atoms with Crippen LogP contribution in [0.2, 0.25) is 5.02 Å². The number of aliphatic hydroxyl groups is 1. The second kappa shape index (κ2) is 4.43. The zero-order valence-electron chi connectivity index (χ0n) is 8.27. The van der Waals surface area contributed by atoms with Gasteiger partial charge < -0.3 is 5.11 Å². The van der Waals surface area contributed by atoms with Crippen LogP contribution in [0.3, 0.4) is 0 Å². The summed E-state index contributed by atoms with van der Waals surface area (Å²) in [4.78, 5) is 5.47. The molecule has 0 bridgehead atoms. The molecule has 2 rings (SSSR count). The lowest BCUT2D eigenvalue weighted by Crippen LogP contribution is -2.26. The first kappa shape index (κ1) is 10.8. The van der Waals surface area contributed by atoms with Crippen LogP contribution in [0, 0.1) is 0 Å². The fourth-order valence-electron chi connectivity index (χ4n) is 1.37. The van der Waals surface area contributed by atoms with Gasteiger partial charge in [-0.15, -0.1) is 0 Å². The van der Waals surface area contributed by atoms with Gasteiger partial charge in [-0.25, -0.2) is 4.99 Å². The van der Waals surface area contributed by atoms with Crippen molar-refractivity contribution in [3.63, 3.8) is 0 Å². The van der Waals surface area contributed by atoms with Gasteiger partial charge in [0.2, 0.25) is 0 Å². The lowest BCUT2D eigenvalue weighted by atomic mass is 10.3. The number of fused-ring (bicyclic) bond motifs is 1. The number of amidine groups is 1. The van der Waals surface area contributed by atoms with Crippen molar-refractivity contribution in [1.29, 1.82) is 0 Å². The molecular formula is C10H11ClN2OS. The van der Waals surface area contributed by atoms with E-state index in [9.17, 15) is 0 Å². The highest BCUT2D eigenvalue weighted by molar-refractivity contribution is 7.97. The van der Waals surface area contributed by atoms with Gasteiger partial charge in [0.25, 0.3) is 0 Å². The molecule has 1 aliphatic heterocycles. The standard InChI is InChI=1S/C10H11ClN2OS/c1-7-12-9-3-2-8(11)6-10(9)15-13(7)4-5-14/h2-3,6,14H,4-5H2,1H3. The lowest BCUT2D eigenvalue weighted by molar-refractivity contribution is 0.283. The molecule has 0 unspecified atom stereocenters. The monoisotopic (exact) mass is 242 g/mol. The molecule has 1 aromatic rings. The molecule has 1 heterocycles. The fourth-order valence-corrected chi connectivity index (χ4v) is 2.57. The van der Waals surface area contributed by atoms with Gasteiger partial charge >= 0.3 is 0 Å². The highest BCUT2D eigenvalue weighted by Gasteiger charge is 2.17. The maximum atomic E-state index is 8.90. The van der Waals surface area contributed by atoms with Gasteiger partial charge in [-0.1, -0.05) is 11.6 Å².